The van der Waals surface area contributed by atoms with Gasteiger partial charge >= 0.3 is 0 Å². The number of aromatic nitrogens is 2. The predicted molar refractivity (Wildman–Crippen MR) is 71.1 cm³/mol. The molecule has 1 saturated heterocycles. The molecule has 0 unspecified atom stereocenters. The number of hydrogen-bond acceptors (Lipinski definition) is 4. The van der Waals surface area contributed by atoms with Crippen LogP contribution in [0.1, 0.15) is 38.4 Å². The summed E-state index contributed by atoms with van der Waals surface area (Å²) in [6.07, 6.45) is 2.30. The summed E-state index contributed by atoms with van der Waals surface area (Å²) in [6.45, 7) is 7.11. The Morgan fingerprint density at radius 3 is 2.89 bits per heavy atom. The van der Waals surface area contributed by atoms with Crippen LogP contribution in [0.5, 0.6) is 0 Å². The van der Waals surface area contributed by atoms with Crippen LogP contribution in [0.15, 0.2) is 10.9 Å². The van der Waals surface area contributed by atoms with Gasteiger partial charge in [0.1, 0.15) is 11.6 Å². The Morgan fingerprint density at radius 1 is 1.44 bits per heavy atom. The first-order chi connectivity index (χ1) is 8.56. The summed E-state index contributed by atoms with van der Waals surface area (Å²) < 4.78 is 0. The Labute approximate surface area is 107 Å². The second kappa shape index (κ2) is 4.09. The van der Waals surface area contributed by atoms with Crippen molar-refractivity contribution >= 4 is 5.82 Å². The van der Waals surface area contributed by atoms with Crippen molar-refractivity contribution in [1.29, 1.82) is 0 Å². The summed E-state index contributed by atoms with van der Waals surface area (Å²) in [6, 6.07) is 1.62. The van der Waals surface area contributed by atoms with Crippen molar-refractivity contribution in [2.75, 3.05) is 24.5 Å². The maximum absolute atomic E-state index is 11.8. The van der Waals surface area contributed by atoms with Crippen molar-refractivity contribution in [3.8, 4) is 0 Å². The minimum atomic E-state index is -0.0313. The number of aromatic amines is 1. The van der Waals surface area contributed by atoms with E-state index in [1.54, 1.807) is 6.07 Å². The number of piperazine rings is 1. The lowest BCUT2D eigenvalue weighted by Gasteiger charge is -2.43. The molecule has 2 heterocycles. The van der Waals surface area contributed by atoms with Gasteiger partial charge in [0.15, 0.2) is 0 Å². The minimum absolute atomic E-state index is 0.000135. The molecule has 98 valence electrons. The number of nitrogens with zero attached hydrogens (tertiary/aromatic N) is 2. The number of hydrogen-bond donors (Lipinski definition) is 2. The lowest BCUT2D eigenvalue weighted by Crippen LogP contribution is -2.58. The zero-order valence-electron chi connectivity index (χ0n) is 11.0. The minimum Gasteiger partial charge on any atom is -0.349 e. The van der Waals surface area contributed by atoms with Crippen LogP contribution in [0, 0.1) is 0 Å². The molecule has 0 spiro atoms. The fraction of sp³-hybridized carbons (Fsp3) is 0.692. The molecule has 0 radical (unpaired) electrons. The van der Waals surface area contributed by atoms with Crippen LogP contribution in [-0.4, -0.2) is 35.1 Å². The molecule has 2 aliphatic rings. The molecule has 0 amide bonds. The lowest BCUT2D eigenvalue weighted by atomic mass is 10.0. The maximum Gasteiger partial charge on any atom is 0.252 e. The third-order valence-electron chi connectivity index (χ3n) is 3.79. The average molecular weight is 248 g/mol. The van der Waals surface area contributed by atoms with E-state index in [0.29, 0.717) is 5.92 Å². The Balaban J connectivity index is 1.97. The third kappa shape index (κ3) is 2.14. The van der Waals surface area contributed by atoms with Crippen molar-refractivity contribution in [3.63, 3.8) is 0 Å². The van der Waals surface area contributed by atoms with E-state index in [9.17, 15) is 4.79 Å². The molecule has 0 bridgehead atoms. The molecule has 2 fully saturated rings. The van der Waals surface area contributed by atoms with Crippen LogP contribution >= 0.6 is 0 Å². The monoisotopic (exact) mass is 248 g/mol. The first kappa shape index (κ1) is 11.7. The second-order valence-electron chi connectivity index (χ2n) is 5.90. The van der Waals surface area contributed by atoms with Gasteiger partial charge in [-0.15, -0.1) is 0 Å². The molecular weight excluding hydrogens is 228 g/mol. The first-order valence-electron chi connectivity index (χ1n) is 6.66. The van der Waals surface area contributed by atoms with Gasteiger partial charge in [0.25, 0.3) is 5.56 Å². The Morgan fingerprint density at radius 2 is 2.22 bits per heavy atom. The smallest absolute Gasteiger partial charge is 0.252 e. The molecule has 1 aliphatic heterocycles. The first-order valence-corrected chi connectivity index (χ1v) is 6.66. The van der Waals surface area contributed by atoms with Gasteiger partial charge < -0.3 is 15.2 Å². The van der Waals surface area contributed by atoms with E-state index in [1.807, 2.05) is 0 Å². The predicted octanol–water partition coefficient (Wildman–Crippen LogP) is 0.835. The molecule has 5 nitrogen and oxygen atoms in total. The Kier molecular flexibility index (Phi) is 2.66. The highest BCUT2D eigenvalue weighted by Gasteiger charge is 2.32. The maximum atomic E-state index is 11.8. The van der Waals surface area contributed by atoms with Gasteiger partial charge in [-0.2, -0.15) is 0 Å². The van der Waals surface area contributed by atoms with Crippen LogP contribution in [-0.2, 0) is 0 Å². The van der Waals surface area contributed by atoms with Gasteiger partial charge in [-0.1, -0.05) is 0 Å². The van der Waals surface area contributed by atoms with Crippen molar-refractivity contribution in [2.24, 2.45) is 0 Å². The molecule has 5 heteroatoms. The molecule has 18 heavy (non-hydrogen) atoms. The molecule has 0 aromatic carbocycles. The summed E-state index contributed by atoms with van der Waals surface area (Å²) >= 11 is 0. The summed E-state index contributed by atoms with van der Waals surface area (Å²) in [5.74, 6) is 2.17. The van der Waals surface area contributed by atoms with Crippen molar-refractivity contribution in [2.45, 2.75) is 38.1 Å². The molecule has 1 aliphatic carbocycles. The van der Waals surface area contributed by atoms with E-state index in [4.69, 9.17) is 0 Å². The zero-order chi connectivity index (χ0) is 12.8. The van der Waals surface area contributed by atoms with Gasteiger partial charge in [0.2, 0.25) is 0 Å². The highest BCUT2D eigenvalue weighted by molar-refractivity contribution is 5.42. The molecule has 2 N–H and O–H groups in total. The number of nitrogens with one attached hydrogen (secondary N) is 2. The standard InChI is InChI=1S/C13H20N4O/c1-13(2)8-14-5-6-17(13)10-7-11(18)16-12(15-10)9-3-4-9/h7,9,14H,3-6,8H2,1-2H3,(H,15,16,18). The second-order valence-corrected chi connectivity index (χ2v) is 5.90. The van der Waals surface area contributed by atoms with Crippen molar-refractivity contribution < 1.29 is 0 Å². The number of rotatable bonds is 2. The molecular formula is C13H20N4O. The fourth-order valence-electron chi connectivity index (χ4n) is 2.56. The van der Waals surface area contributed by atoms with Crippen LogP contribution in [0.3, 0.4) is 0 Å². The highest BCUT2D eigenvalue weighted by atomic mass is 16.1. The van der Waals surface area contributed by atoms with Gasteiger partial charge in [-0.05, 0) is 26.7 Å². The Bertz CT molecular complexity index is 504. The van der Waals surface area contributed by atoms with Crippen LogP contribution in [0.4, 0.5) is 5.82 Å². The average Bonchev–Trinajstić information content (AvgIpc) is 3.11. The summed E-state index contributed by atoms with van der Waals surface area (Å²) in [4.78, 5) is 21.5. The quantitative estimate of drug-likeness (QED) is 0.814. The van der Waals surface area contributed by atoms with Crippen LogP contribution in [0.25, 0.3) is 0 Å². The van der Waals surface area contributed by atoms with E-state index in [0.717, 1.165) is 44.1 Å². The summed E-state index contributed by atoms with van der Waals surface area (Å²) in [5, 5.41) is 3.38. The summed E-state index contributed by atoms with van der Waals surface area (Å²) in [7, 11) is 0. The van der Waals surface area contributed by atoms with E-state index < -0.39 is 0 Å². The van der Waals surface area contributed by atoms with Gasteiger partial charge in [0, 0.05) is 37.2 Å². The third-order valence-corrected chi connectivity index (χ3v) is 3.79. The number of anilines is 1. The molecule has 1 aromatic heterocycles. The van der Waals surface area contributed by atoms with Gasteiger partial charge in [-0.25, -0.2) is 4.98 Å². The normalized spacial score (nSPS) is 23.1. The van der Waals surface area contributed by atoms with Gasteiger partial charge in [-0.3, -0.25) is 4.79 Å². The van der Waals surface area contributed by atoms with Crippen molar-refractivity contribution in [3.05, 3.63) is 22.2 Å². The largest absolute Gasteiger partial charge is 0.349 e. The van der Waals surface area contributed by atoms with E-state index in [1.165, 1.54) is 0 Å². The lowest BCUT2D eigenvalue weighted by molar-refractivity contribution is 0.377. The number of H-pyrrole nitrogens is 1. The van der Waals surface area contributed by atoms with E-state index in [-0.39, 0.29) is 11.1 Å². The van der Waals surface area contributed by atoms with Crippen molar-refractivity contribution in [1.82, 2.24) is 15.3 Å². The summed E-state index contributed by atoms with van der Waals surface area (Å²) in [5.41, 5.74) is -0.0314. The van der Waals surface area contributed by atoms with E-state index >= 15 is 0 Å². The fourth-order valence-corrected chi connectivity index (χ4v) is 2.56. The van der Waals surface area contributed by atoms with Gasteiger partial charge in [0.05, 0.1) is 0 Å². The van der Waals surface area contributed by atoms with Crippen LogP contribution < -0.4 is 15.8 Å². The Hall–Kier alpha value is -1.36. The van der Waals surface area contributed by atoms with Crippen LogP contribution in [0.2, 0.25) is 0 Å². The SMILES string of the molecule is CC1(C)CNCCN1c1cc(=O)[nH]c(C2CC2)n1. The topological polar surface area (TPSA) is 61.0 Å². The zero-order valence-corrected chi connectivity index (χ0v) is 11.0. The molecule has 1 aromatic rings. The molecule has 3 rings (SSSR count). The van der Waals surface area contributed by atoms with E-state index in [2.05, 4.69) is 34.0 Å². The molecule has 1 saturated carbocycles. The highest BCUT2D eigenvalue weighted by Crippen LogP contribution is 2.38. The molecule has 0 atom stereocenters.